The zero-order valence-electron chi connectivity index (χ0n) is 16.9. The minimum atomic E-state index is -0.0410. The second-order valence-electron chi connectivity index (χ2n) is 6.73. The highest BCUT2D eigenvalue weighted by Crippen LogP contribution is 2.09. The summed E-state index contributed by atoms with van der Waals surface area (Å²) in [5.74, 6) is 1.67. The Balaban J connectivity index is 1.43. The van der Waals surface area contributed by atoms with E-state index < -0.39 is 0 Å². The van der Waals surface area contributed by atoms with E-state index in [-0.39, 0.29) is 5.91 Å². The number of aromatic nitrogens is 2. The fourth-order valence-electron chi connectivity index (χ4n) is 3.16. The number of nitrogens with one attached hydrogen (secondary N) is 2. The highest BCUT2D eigenvalue weighted by Gasteiger charge is 2.20. The Labute approximate surface area is 172 Å². The maximum Gasteiger partial charge on any atom is 0.251 e. The summed E-state index contributed by atoms with van der Waals surface area (Å²) in [5.41, 5.74) is 0.685. The molecule has 2 heterocycles. The highest BCUT2D eigenvalue weighted by molar-refractivity contribution is 5.94. The number of benzene rings is 1. The third-order valence-electron chi connectivity index (χ3n) is 4.67. The van der Waals surface area contributed by atoms with E-state index in [1.165, 1.54) is 0 Å². The van der Waals surface area contributed by atoms with Gasteiger partial charge in [-0.15, -0.1) is 0 Å². The fourth-order valence-corrected chi connectivity index (χ4v) is 3.16. The van der Waals surface area contributed by atoms with E-state index in [2.05, 4.69) is 37.3 Å². The molecule has 2 aromatic rings. The minimum absolute atomic E-state index is 0.0410. The number of rotatable bonds is 7. The first kappa shape index (κ1) is 20.6. The van der Waals surface area contributed by atoms with Crippen molar-refractivity contribution in [1.82, 2.24) is 25.5 Å². The van der Waals surface area contributed by atoms with E-state index in [9.17, 15) is 4.79 Å². The van der Waals surface area contributed by atoms with Gasteiger partial charge in [0.2, 0.25) is 5.95 Å². The van der Waals surface area contributed by atoms with Crippen LogP contribution < -0.4 is 15.5 Å². The van der Waals surface area contributed by atoms with Gasteiger partial charge in [-0.3, -0.25) is 9.79 Å². The lowest BCUT2D eigenvalue weighted by molar-refractivity contribution is 0.0953. The molecule has 8 heteroatoms. The van der Waals surface area contributed by atoms with Crippen molar-refractivity contribution in [2.75, 3.05) is 50.7 Å². The minimum Gasteiger partial charge on any atom is -0.357 e. The second-order valence-corrected chi connectivity index (χ2v) is 6.73. The van der Waals surface area contributed by atoms with Crippen molar-refractivity contribution in [2.45, 2.75) is 13.3 Å². The third kappa shape index (κ3) is 6.17. The molecule has 29 heavy (non-hydrogen) atoms. The van der Waals surface area contributed by atoms with Crippen LogP contribution in [-0.4, -0.2) is 72.5 Å². The van der Waals surface area contributed by atoms with E-state index in [1.807, 2.05) is 36.4 Å². The van der Waals surface area contributed by atoms with Gasteiger partial charge in [0.15, 0.2) is 5.96 Å². The number of hydrogen-bond donors (Lipinski definition) is 2. The fraction of sp³-hybridized carbons (Fsp3) is 0.429. The van der Waals surface area contributed by atoms with Crippen molar-refractivity contribution >= 4 is 17.8 Å². The lowest BCUT2D eigenvalue weighted by Crippen LogP contribution is -2.53. The number of amides is 1. The normalized spacial score (nSPS) is 14.6. The zero-order valence-corrected chi connectivity index (χ0v) is 16.9. The number of carbonyl (C=O) groups excluding carboxylic acids is 1. The van der Waals surface area contributed by atoms with Gasteiger partial charge in [0.05, 0.1) is 0 Å². The summed E-state index contributed by atoms with van der Waals surface area (Å²) in [6.45, 7) is 7.64. The van der Waals surface area contributed by atoms with Crippen LogP contribution >= 0.6 is 0 Å². The Bertz CT molecular complexity index is 774. The number of guanidine groups is 1. The van der Waals surface area contributed by atoms with Gasteiger partial charge < -0.3 is 20.4 Å². The lowest BCUT2D eigenvalue weighted by Gasteiger charge is -2.36. The first-order valence-corrected chi connectivity index (χ1v) is 10.2. The quantitative estimate of drug-likeness (QED) is 0.419. The summed E-state index contributed by atoms with van der Waals surface area (Å²) in [7, 11) is 0. The van der Waals surface area contributed by atoms with Crippen molar-refractivity contribution in [2.24, 2.45) is 4.99 Å². The molecule has 1 aromatic heterocycles. The summed E-state index contributed by atoms with van der Waals surface area (Å²) in [5, 5.41) is 6.32. The Morgan fingerprint density at radius 1 is 1.03 bits per heavy atom. The molecule has 1 saturated heterocycles. The van der Waals surface area contributed by atoms with Crippen LogP contribution in [0, 0.1) is 0 Å². The number of piperazine rings is 1. The summed E-state index contributed by atoms with van der Waals surface area (Å²) in [6.07, 6.45) is 4.35. The van der Waals surface area contributed by atoms with Gasteiger partial charge in [-0.1, -0.05) is 18.2 Å². The molecule has 1 aliphatic heterocycles. The molecule has 0 radical (unpaired) electrons. The Morgan fingerprint density at radius 3 is 2.45 bits per heavy atom. The maximum absolute atomic E-state index is 12.1. The standard InChI is InChI=1S/C21H29N7O/c1-2-22-20(24-11-6-10-23-19(29)18-8-4-3-5-9-18)27-14-16-28(17-15-27)21-25-12-7-13-26-21/h3-5,7-9,12-13H,2,6,10-11,14-17H2,1H3,(H,22,24)(H,23,29). The maximum atomic E-state index is 12.1. The number of aliphatic imine (C=N–C) groups is 1. The van der Waals surface area contributed by atoms with Crippen molar-refractivity contribution in [1.29, 1.82) is 0 Å². The van der Waals surface area contributed by atoms with Crippen LogP contribution in [0.5, 0.6) is 0 Å². The predicted octanol–water partition coefficient (Wildman–Crippen LogP) is 1.38. The van der Waals surface area contributed by atoms with Crippen LogP contribution in [-0.2, 0) is 0 Å². The molecule has 3 rings (SSSR count). The van der Waals surface area contributed by atoms with Gasteiger partial charge in [-0.2, -0.15) is 0 Å². The molecule has 0 aliphatic carbocycles. The van der Waals surface area contributed by atoms with E-state index >= 15 is 0 Å². The van der Waals surface area contributed by atoms with Crippen LogP contribution in [0.3, 0.4) is 0 Å². The van der Waals surface area contributed by atoms with Crippen molar-refractivity contribution in [3.8, 4) is 0 Å². The van der Waals surface area contributed by atoms with Gasteiger partial charge in [-0.05, 0) is 31.5 Å². The van der Waals surface area contributed by atoms with Crippen molar-refractivity contribution in [3.05, 3.63) is 54.4 Å². The first-order chi connectivity index (χ1) is 14.3. The number of anilines is 1. The molecular weight excluding hydrogens is 366 g/mol. The van der Waals surface area contributed by atoms with Gasteiger partial charge in [0.1, 0.15) is 0 Å². The molecule has 1 aliphatic rings. The van der Waals surface area contributed by atoms with Gasteiger partial charge in [0, 0.05) is 63.8 Å². The molecule has 0 atom stereocenters. The Morgan fingerprint density at radius 2 is 1.76 bits per heavy atom. The Kier molecular flexibility index (Phi) is 7.80. The summed E-state index contributed by atoms with van der Waals surface area (Å²) in [6, 6.07) is 11.1. The molecule has 0 unspecified atom stereocenters. The van der Waals surface area contributed by atoms with Crippen molar-refractivity contribution < 1.29 is 4.79 Å². The van der Waals surface area contributed by atoms with Crippen molar-refractivity contribution in [3.63, 3.8) is 0 Å². The molecule has 154 valence electrons. The second kappa shape index (κ2) is 11.0. The summed E-state index contributed by atoms with van der Waals surface area (Å²) in [4.78, 5) is 29.9. The zero-order chi connectivity index (χ0) is 20.3. The average molecular weight is 396 g/mol. The van der Waals surface area contributed by atoms with E-state index in [1.54, 1.807) is 12.4 Å². The molecule has 2 N–H and O–H groups in total. The molecule has 8 nitrogen and oxygen atoms in total. The lowest BCUT2D eigenvalue weighted by atomic mass is 10.2. The predicted molar refractivity (Wildman–Crippen MR) is 115 cm³/mol. The number of carbonyl (C=O) groups is 1. The van der Waals surface area contributed by atoms with Crippen LogP contribution in [0.15, 0.2) is 53.8 Å². The van der Waals surface area contributed by atoms with E-state index in [0.29, 0.717) is 18.7 Å². The third-order valence-corrected chi connectivity index (χ3v) is 4.67. The highest BCUT2D eigenvalue weighted by atomic mass is 16.1. The smallest absolute Gasteiger partial charge is 0.251 e. The van der Waals surface area contributed by atoms with E-state index in [0.717, 1.165) is 51.1 Å². The average Bonchev–Trinajstić information content (AvgIpc) is 2.79. The van der Waals surface area contributed by atoms with Gasteiger partial charge in [0.25, 0.3) is 5.91 Å². The summed E-state index contributed by atoms with van der Waals surface area (Å²) < 4.78 is 0. The molecular formula is C21H29N7O. The van der Waals surface area contributed by atoms with Crippen LogP contribution in [0.25, 0.3) is 0 Å². The van der Waals surface area contributed by atoms with Crippen LogP contribution in [0.2, 0.25) is 0 Å². The molecule has 1 aromatic carbocycles. The molecule has 0 spiro atoms. The Hall–Kier alpha value is -3.16. The van der Waals surface area contributed by atoms with Crippen LogP contribution in [0.4, 0.5) is 5.95 Å². The monoisotopic (exact) mass is 395 g/mol. The molecule has 0 saturated carbocycles. The molecule has 1 amide bonds. The van der Waals surface area contributed by atoms with Gasteiger partial charge in [-0.25, -0.2) is 9.97 Å². The largest absolute Gasteiger partial charge is 0.357 e. The first-order valence-electron chi connectivity index (χ1n) is 10.2. The topological polar surface area (TPSA) is 85.8 Å². The summed E-state index contributed by atoms with van der Waals surface area (Å²) >= 11 is 0. The van der Waals surface area contributed by atoms with Crippen LogP contribution in [0.1, 0.15) is 23.7 Å². The SMILES string of the molecule is CCNC(=NCCCNC(=O)c1ccccc1)N1CCN(c2ncccn2)CC1. The van der Waals surface area contributed by atoms with E-state index in [4.69, 9.17) is 4.99 Å². The number of hydrogen-bond acceptors (Lipinski definition) is 5. The molecule has 0 bridgehead atoms. The van der Waals surface area contributed by atoms with Gasteiger partial charge >= 0.3 is 0 Å². The molecule has 1 fully saturated rings. The number of nitrogens with zero attached hydrogens (tertiary/aromatic N) is 5.